The molecule has 0 aliphatic heterocycles. The van der Waals surface area contributed by atoms with Gasteiger partial charge >= 0.3 is 0 Å². The van der Waals surface area contributed by atoms with Gasteiger partial charge in [-0.2, -0.15) is 0 Å². The van der Waals surface area contributed by atoms with Crippen LogP contribution in [-0.4, -0.2) is 24.5 Å². The summed E-state index contributed by atoms with van der Waals surface area (Å²) in [5.74, 6) is 2.04. The molecule has 0 bridgehead atoms. The van der Waals surface area contributed by atoms with Crippen LogP contribution >= 0.6 is 0 Å². The second-order valence-electron chi connectivity index (χ2n) is 4.54. The number of nitrogens with zero attached hydrogens (tertiary/aromatic N) is 1. The standard InChI is InChI=1S/C14H26N2O/c1-5-11(6-2)16(4)13(10-15)14-9-8-12(7-3)17-14/h8-9,11,13H,5-7,10,15H2,1-4H3. The van der Waals surface area contributed by atoms with Crippen molar-refractivity contribution < 1.29 is 4.42 Å². The maximum Gasteiger partial charge on any atom is 0.122 e. The van der Waals surface area contributed by atoms with Crippen LogP contribution < -0.4 is 5.73 Å². The second kappa shape index (κ2) is 6.82. The third-order valence-electron chi connectivity index (χ3n) is 3.59. The van der Waals surface area contributed by atoms with E-state index in [1.54, 1.807) is 0 Å². The Balaban J connectivity index is 2.82. The monoisotopic (exact) mass is 238 g/mol. The molecule has 0 amide bonds. The molecule has 3 nitrogen and oxygen atoms in total. The Morgan fingerprint density at radius 2 is 1.88 bits per heavy atom. The Morgan fingerprint density at radius 1 is 1.24 bits per heavy atom. The van der Waals surface area contributed by atoms with Gasteiger partial charge in [0.1, 0.15) is 11.5 Å². The van der Waals surface area contributed by atoms with Crippen molar-refractivity contribution in [3.8, 4) is 0 Å². The van der Waals surface area contributed by atoms with Crippen LogP contribution in [0.5, 0.6) is 0 Å². The maximum absolute atomic E-state index is 5.90. The summed E-state index contributed by atoms with van der Waals surface area (Å²) in [4.78, 5) is 2.35. The Bertz CT molecular complexity index is 318. The van der Waals surface area contributed by atoms with E-state index in [1.807, 2.05) is 0 Å². The molecule has 2 N–H and O–H groups in total. The lowest BCUT2D eigenvalue weighted by Gasteiger charge is -2.32. The molecule has 1 aromatic heterocycles. The molecule has 0 spiro atoms. The molecular formula is C14H26N2O. The van der Waals surface area contributed by atoms with Crippen LogP contribution in [0.2, 0.25) is 0 Å². The van der Waals surface area contributed by atoms with Gasteiger partial charge in [0.2, 0.25) is 0 Å². The predicted octanol–water partition coefficient (Wildman–Crippen LogP) is 2.96. The molecule has 0 radical (unpaired) electrons. The third-order valence-corrected chi connectivity index (χ3v) is 3.59. The number of nitrogens with two attached hydrogens (primary N) is 1. The lowest BCUT2D eigenvalue weighted by molar-refractivity contribution is 0.148. The lowest BCUT2D eigenvalue weighted by Crippen LogP contribution is -2.37. The van der Waals surface area contributed by atoms with E-state index >= 15 is 0 Å². The lowest BCUT2D eigenvalue weighted by atomic mass is 10.1. The maximum atomic E-state index is 5.90. The first-order valence-corrected chi connectivity index (χ1v) is 6.68. The van der Waals surface area contributed by atoms with Crippen LogP contribution in [0.15, 0.2) is 16.5 Å². The third kappa shape index (κ3) is 3.33. The zero-order valence-corrected chi connectivity index (χ0v) is 11.6. The van der Waals surface area contributed by atoms with E-state index in [4.69, 9.17) is 10.2 Å². The second-order valence-corrected chi connectivity index (χ2v) is 4.54. The molecule has 1 atom stereocenters. The number of rotatable bonds is 7. The van der Waals surface area contributed by atoms with Crippen molar-refractivity contribution >= 4 is 0 Å². The minimum Gasteiger partial charge on any atom is -0.464 e. The fourth-order valence-corrected chi connectivity index (χ4v) is 2.37. The molecule has 98 valence electrons. The van der Waals surface area contributed by atoms with Crippen molar-refractivity contribution in [2.24, 2.45) is 5.73 Å². The van der Waals surface area contributed by atoms with Crippen LogP contribution in [0, 0.1) is 0 Å². The highest BCUT2D eigenvalue weighted by Crippen LogP contribution is 2.24. The van der Waals surface area contributed by atoms with Crippen LogP contribution in [0.4, 0.5) is 0 Å². The van der Waals surface area contributed by atoms with E-state index in [0.29, 0.717) is 12.6 Å². The summed E-state index contributed by atoms with van der Waals surface area (Å²) in [6, 6.07) is 4.88. The van der Waals surface area contributed by atoms with Gasteiger partial charge in [0, 0.05) is 19.0 Å². The topological polar surface area (TPSA) is 42.4 Å². The van der Waals surface area contributed by atoms with Crippen LogP contribution in [0.3, 0.4) is 0 Å². The molecule has 1 aromatic rings. The molecule has 0 fully saturated rings. The van der Waals surface area contributed by atoms with Crippen molar-refractivity contribution in [1.29, 1.82) is 0 Å². The first kappa shape index (κ1) is 14.3. The van der Waals surface area contributed by atoms with Gasteiger partial charge in [-0.05, 0) is 32.0 Å². The van der Waals surface area contributed by atoms with Gasteiger partial charge in [-0.3, -0.25) is 4.90 Å². The molecule has 0 aliphatic rings. The predicted molar refractivity (Wildman–Crippen MR) is 72.0 cm³/mol. The molecule has 1 rings (SSSR count). The summed E-state index contributed by atoms with van der Waals surface area (Å²) in [5.41, 5.74) is 5.90. The van der Waals surface area contributed by atoms with E-state index in [2.05, 4.69) is 44.9 Å². The van der Waals surface area contributed by atoms with E-state index in [1.165, 1.54) is 0 Å². The number of likely N-dealkylation sites (N-methyl/N-ethyl adjacent to an activating group) is 1. The number of hydrogen-bond donors (Lipinski definition) is 1. The Hall–Kier alpha value is -0.800. The van der Waals surface area contributed by atoms with E-state index < -0.39 is 0 Å². The Morgan fingerprint density at radius 3 is 2.29 bits per heavy atom. The minimum atomic E-state index is 0.195. The summed E-state index contributed by atoms with van der Waals surface area (Å²) >= 11 is 0. The summed E-state index contributed by atoms with van der Waals surface area (Å²) in [6.45, 7) is 7.14. The molecule has 1 heterocycles. The highest BCUT2D eigenvalue weighted by molar-refractivity contribution is 5.11. The Kier molecular flexibility index (Phi) is 5.72. The van der Waals surface area contributed by atoms with Gasteiger partial charge in [-0.25, -0.2) is 0 Å². The zero-order chi connectivity index (χ0) is 12.8. The first-order chi connectivity index (χ1) is 8.17. The van der Waals surface area contributed by atoms with Gasteiger partial charge in [0.25, 0.3) is 0 Å². The number of hydrogen-bond acceptors (Lipinski definition) is 3. The SMILES string of the molecule is CCc1ccc(C(CN)N(C)C(CC)CC)o1. The van der Waals surface area contributed by atoms with Crippen molar-refractivity contribution in [3.63, 3.8) is 0 Å². The summed E-state index contributed by atoms with van der Waals surface area (Å²) in [6.07, 6.45) is 3.22. The van der Waals surface area contributed by atoms with Gasteiger partial charge < -0.3 is 10.2 Å². The smallest absolute Gasteiger partial charge is 0.122 e. The molecule has 3 heteroatoms. The van der Waals surface area contributed by atoms with E-state index in [0.717, 1.165) is 30.8 Å². The quantitative estimate of drug-likeness (QED) is 0.794. The zero-order valence-electron chi connectivity index (χ0n) is 11.6. The van der Waals surface area contributed by atoms with Crippen molar-refractivity contribution in [2.75, 3.05) is 13.6 Å². The van der Waals surface area contributed by atoms with Crippen LogP contribution in [0.25, 0.3) is 0 Å². The molecule has 0 aromatic carbocycles. The van der Waals surface area contributed by atoms with Crippen LogP contribution in [-0.2, 0) is 6.42 Å². The largest absolute Gasteiger partial charge is 0.464 e. The van der Waals surface area contributed by atoms with Gasteiger partial charge in [0.15, 0.2) is 0 Å². The number of aryl methyl sites for hydroxylation is 1. The van der Waals surface area contributed by atoms with E-state index in [-0.39, 0.29) is 6.04 Å². The number of furan rings is 1. The average Bonchev–Trinajstić information content (AvgIpc) is 2.80. The summed E-state index contributed by atoms with van der Waals surface area (Å²) in [5, 5.41) is 0. The fraction of sp³-hybridized carbons (Fsp3) is 0.714. The molecule has 0 saturated carbocycles. The molecule has 0 saturated heterocycles. The summed E-state index contributed by atoms with van der Waals surface area (Å²) < 4.78 is 5.82. The van der Waals surface area contributed by atoms with Crippen molar-refractivity contribution in [3.05, 3.63) is 23.7 Å². The Labute approximate surface area is 105 Å². The highest BCUT2D eigenvalue weighted by atomic mass is 16.3. The minimum absolute atomic E-state index is 0.195. The van der Waals surface area contributed by atoms with Crippen molar-refractivity contribution in [1.82, 2.24) is 4.90 Å². The van der Waals surface area contributed by atoms with Crippen molar-refractivity contribution in [2.45, 2.75) is 52.1 Å². The van der Waals surface area contributed by atoms with Crippen LogP contribution in [0.1, 0.15) is 51.2 Å². The normalized spacial score (nSPS) is 13.6. The fourth-order valence-electron chi connectivity index (χ4n) is 2.37. The molecular weight excluding hydrogens is 212 g/mol. The van der Waals surface area contributed by atoms with E-state index in [9.17, 15) is 0 Å². The summed E-state index contributed by atoms with van der Waals surface area (Å²) in [7, 11) is 2.14. The molecule has 0 aliphatic carbocycles. The first-order valence-electron chi connectivity index (χ1n) is 6.68. The molecule has 1 unspecified atom stereocenters. The van der Waals surface area contributed by atoms with Gasteiger partial charge in [0.05, 0.1) is 6.04 Å². The average molecular weight is 238 g/mol. The highest BCUT2D eigenvalue weighted by Gasteiger charge is 2.23. The van der Waals surface area contributed by atoms with Gasteiger partial charge in [-0.1, -0.05) is 20.8 Å². The van der Waals surface area contributed by atoms with Gasteiger partial charge in [-0.15, -0.1) is 0 Å². The molecule has 17 heavy (non-hydrogen) atoms.